The molecule has 146 valence electrons. The van der Waals surface area contributed by atoms with E-state index < -0.39 is 28.5 Å². The Balaban J connectivity index is 1.40. The summed E-state index contributed by atoms with van der Waals surface area (Å²) in [7, 11) is 0. The van der Waals surface area contributed by atoms with E-state index in [1.807, 2.05) is 18.2 Å². The van der Waals surface area contributed by atoms with Crippen LogP contribution in [0.5, 0.6) is 0 Å². The average molecular weight is 392 g/mol. The Morgan fingerprint density at radius 2 is 1.97 bits per heavy atom. The Morgan fingerprint density at radius 3 is 2.66 bits per heavy atom. The maximum atomic E-state index is 13.2. The van der Waals surface area contributed by atoms with Crippen molar-refractivity contribution in [3.8, 4) is 0 Å². The van der Waals surface area contributed by atoms with Crippen LogP contribution in [0.25, 0.3) is 0 Å². The van der Waals surface area contributed by atoms with Crippen molar-refractivity contribution in [2.45, 2.75) is 11.7 Å². The zero-order valence-electron chi connectivity index (χ0n) is 15.1. The molecule has 2 bridgehead atoms. The molecule has 2 amide bonds. The number of fused-ring (bicyclic) bond motifs is 5. The SMILES string of the molecule is O=C1[C@@H]2[C@@H]3C=C[C@@](CNc4ccc([N+](=O)[O-])cn4)(O3)[C@@H]2C(=O)N1c1ccccc1. The average Bonchev–Trinajstić information content (AvgIpc) is 3.38. The standard InChI is InChI=1S/C20H16N4O5/c25-18-16-14-8-9-20(29-14,11-22-15-7-6-13(10-21-15)24(27)28)17(16)19(26)23(18)12-4-2-1-3-5-12/h1-10,14,16-17H,11H2,(H,21,22)/t14-,16+,17-,20-/m0/s1. The molecule has 2 fully saturated rings. The molecule has 1 aromatic carbocycles. The van der Waals surface area contributed by atoms with Crippen molar-refractivity contribution in [2.24, 2.45) is 11.8 Å². The second-order valence-corrected chi connectivity index (χ2v) is 7.26. The Bertz CT molecular complexity index is 1040. The summed E-state index contributed by atoms with van der Waals surface area (Å²) in [6, 6.07) is 11.7. The molecule has 4 heterocycles. The summed E-state index contributed by atoms with van der Waals surface area (Å²) in [6.45, 7) is 0.216. The van der Waals surface area contributed by atoms with Crippen LogP contribution < -0.4 is 10.2 Å². The fraction of sp³-hybridized carbons (Fsp3) is 0.250. The topological polar surface area (TPSA) is 115 Å². The predicted molar refractivity (Wildman–Crippen MR) is 102 cm³/mol. The van der Waals surface area contributed by atoms with Gasteiger partial charge in [0.05, 0.1) is 28.6 Å². The lowest BCUT2D eigenvalue weighted by Crippen LogP contribution is -2.45. The zero-order valence-corrected chi connectivity index (χ0v) is 15.1. The number of nitro groups is 1. The number of hydrogen-bond donors (Lipinski definition) is 1. The molecule has 4 atom stereocenters. The third kappa shape index (κ3) is 2.54. The third-order valence-corrected chi connectivity index (χ3v) is 5.67. The van der Waals surface area contributed by atoms with Gasteiger partial charge in [0.1, 0.15) is 17.6 Å². The second kappa shape index (κ2) is 6.21. The lowest BCUT2D eigenvalue weighted by molar-refractivity contribution is -0.385. The maximum absolute atomic E-state index is 13.2. The summed E-state index contributed by atoms with van der Waals surface area (Å²) >= 11 is 0. The van der Waals surface area contributed by atoms with E-state index in [0.29, 0.717) is 11.5 Å². The number of anilines is 2. The number of para-hydroxylation sites is 1. The monoisotopic (exact) mass is 392 g/mol. The molecular weight excluding hydrogens is 376 g/mol. The summed E-state index contributed by atoms with van der Waals surface area (Å²) in [5.41, 5.74) is -0.520. The van der Waals surface area contributed by atoms with Crippen molar-refractivity contribution < 1.29 is 19.2 Å². The summed E-state index contributed by atoms with van der Waals surface area (Å²) in [5, 5.41) is 13.8. The highest BCUT2D eigenvalue weighted by molar-refractivity contribution is 6.23. The van der Waals surface area contributed by atoms with E-state index in [1.165, 1.54) is 17.0 Å². The molecule has 0 unspecified atom stereocenters. The van der Waals surface area contributed by atoms with Gasteiger partial charge in [0.25, 0.3) is 5.69 Å². The van der Waals surface area contributed by atoms with Gasteiger partial charge in [0.2, 0.25) is 11.8 Å². The van der Waals surface area contributed by atoms with E-state index in [9.17, 15) is 19.7 Å². The summed E-state index contributed by atoms with van der Waals surface area (Å²) < 4.78 is 6.06. The molecule has 3 aliphatic rings. The molecular formula is C20H16N4O5. The first-order valence-corrected chi connectivity index (χ1v) is 9.14. The molecule has 9 heteroatoms. The molecule has 2 saturated heterocycles. The Hall–Kier alpha value is -3.59. The largest absolute Gasteiger partial charge is 0.367 e. The first-order chi connectivity index (χ1) is 14.0. The van der Waals surface area contributed by atoms with Gasteiger partial charge in [-0.3, -0.25) is 19.7 Å². The number of amides is 2. The molecule has 1 aromatic heterocycles. The molecule has 3 aliphatic heterocycles. The maximum Gasteiger partial charge on any atom is 0.287 e. The molecule has 0 aliphatic carbocycles. The smallest absolute Gasteiger partial charge is 0.287 e. The number of carbonyl (C=O) groups excluding carboxylic acids is 2. The quantitative estimate of drug-likeness (QED) is 0.358. The normalized spacial score (nSPS) is 29.4. The number of pyridine rings is 1. The summed E-state index contributed by atoms with van der Waals surface area (Å²) in [6.07, 6.45) is 4.37. The van der Waals surface area contributed by atoms with Crippen LogP contribution in [0.4, 0.5) is 17.2 Å². The number of ether oxygens (including phenoxy) is 1. The fourth-order valence-corrected chi connectivity index (χ4v) is 4.37. The minimum absolute atomic E-state index is 0.109. The summed E-state index contributed by atoms with van der Waals surface area (Å²) in [4.78, 5) is 41.7. The number of carbonyl (C=O) groups is 2. The van der Waals surface area contributed by atoms with Gasteiger partial charge in [-0.05, 0) is 18.2 Å². The number of aromatic nitrogens is 1. The highest BCUT2D eigenvalue weighted by Gasteiger charge is 2.67. The Morgan fingerprint density at radius 1 is 1.17 bits per heavy atom. The van der Waals surface area contributed by atoms with Crippen LogP contribution in [0.15, 0.2) is 60.8 Å². The van der Waals surface area contributed by atoms with E-state index in [4.69, 9.17) is 4.74 Å². The van der Waals surface area contributed by atoms with E-state index in [2.05, 4.69) is 10.3 Å². The van der Waals surface area contributed by atoms with Gasteiger partial charge < -0.3 is 10.1 Å². The fourth-order valence-electron chi connectivity index (χ4n) is 4.37. The first-order valence-electron chi connectivity index (χ1n) is 9.14. The third-order valence-electron chi connectivity index (χ3n) is 5.67. The number of nitrogens with zero attached hydrogens (tertiary/aromatic N) is 3. The van der Waals surface area contributed by atoms with Crippen molar-refractivity contribution in [1.82, 2.24) is 4.98 Å². The van der Waals surface area contributed by atoms with Gasteiger partial charge in [-0.15, -0.1) is 0 Å². The van der Waals surface area contributed by atoms with Gasteiger partial charge in [0, 0.05) is 12.6 Å². The number of rotatable bonds is 5. The van der Waals surface area contributed by atoms with Gasteiger partial charge >= 0.3 is 0 Å². The highest BCUT2D eigenvalue weighted by Crippen LogP contribution is 2.52. The van der Waals surface area contributed by atoms with E-state index >= 15 is 0 Å². The molecule has 9 nitrogen and oxygen atoms in total. The predicted octanol–water partition coefficient (Wildman–Crippen LogP) is 1.91. The lowest BCUT2D eigenvalue weighted by Gasteiger charge is -2.29. The van der Waals surface area contributed by atoms with Crippen molar-refractivity contribution in [2.75, 3.05) is 16.8 Å². The molecule has 5 rings (SSSR count). The molecule has 0 radical (unpaired) electrons. The summed E-state index contributed by atoms with van der Waals surface area (Å²) in [5.74, 6) is -1.30. The van der Waals surface area contributed by atoms with E-state index in [1.54, 1.807) is 24.3 Å². The Kier molecular flexibility index (Phi) is 3.75. The molecule has 1 N–H and O–H groups in total. The van der Waals surface area contributed by atoms with Gasteiger partial charge in [-0.25, -0.2) is 9.88 Å². The highest BCUT2D eigenvalue weighted by atomic mass is 16.6. The van der Waals surface area contributed by atoms with Crippen molar-refractivity contribution in [3.05, 3.63) is 70.9 Å². The van der Waals surface area contributed by atoms with Gasteiger partial charge in [-0.2, -0.15) is 0 Å². The molecule has 2 aromatic rings. The molecule has 29 heavy (non-hydrogen) atoms. The minimum Gasteiger partial charge on any atom is -0.367 e. The molecule has 0 saturated carbocycles. The van der Waals surface area contributed by atoms with Gasteiger partial charge in [0.15, 0.2) is 0 Å². The van der Waals surface area contributed by atoms with Crippen molar-refractivity contribution in [3.63, 3.8) is 0 Å². The Labute approximate surface area is 165 Å². The van der Waals surface area contributed by atoms with E-state index in [-0.39, 0.29) is 24.0 Å². The van der Waals surface area contributed by atoms with Crippen LogP contribution in [-0.4, -0.2) is 40.0 Å². The molecule has 0 spiro atoms. The van der Waals surface area contributed by atoms with Crippen LogP contribution in [-0.2, 0) is 14.3 Å². The number of benzene rings is 1. The van der Waals surface area contributed by atoms with Crippen molar-refractivity contribution >= 4 is 29.0 Å². The second-order valence-electron chi connectivity index (χ2n) is 7.26. The first kappa shape index (κ1) is 17.5. The van der Waals surface area contributed by atoms with Crippen LogP contribution in [0.3, 0.4) is 0 Å². The van der Waals surface area contributed by atoms with E-state index in [0.717, 1.165) is 6.20 Å². The van der Waals surface area contributed by atoms with Crippen LogP contribution in [0, 0.1) is 22.0 Å². The van der Waals surface area contributed by atoms with Crippen LogP contribution in [0.1, 0.15) is 0 Å². The number of nitrogens with one attached hydrogen (secondary N) is 1. The number of imide groups is 1. The lowest BCUT2D eigenvalue weighted by atomic mass is 9.77. The van der Waals surface area contributed by atoms with Crippen LogP contribution >= 0.6 is 0 Å². The number of hydrogen-bond acceptors (Lipinski definition) is 7. The van der Waals surface area contributed by atoms with Gasteiger partial charge in [-0.1, -0.05) is 30.4 Å². The van der Waals surface area contributed by atoms with Crippen molar-refractivity contribution in [1.29, 1.82) is 0 Å². The minimum atomic E-state index is -0.963. The zero-order chi connectivity index (χ0) is 20.2. The van der Waals surface area contributed by atoms with Crippen LogP contribution in [0.2, 0.25) is 0 Å².